The molecule has 0 spiro atoms. The molecule has 1 aromatic heterocycles. The highest BCUT2D eigenvalue weighted by atomic mass is 16.6. The molecule has 0 N–H and O–H groups in total. The maximum absolute atomic E-state index is 13.5. The number of carbonyl (C=O) groups excluding carboxylic acids is 1. The maximum Gasteiger partial charge on any atom is 0.233 e. The summed E-state index contributed by atoms with van der Waals surface area (Å²) in [6.45, 7) is 4.81. The fourth-order valence-corrected chi connectivity index (χ4v) is 4.07. The number of methoxy groups -OCH3 is 1. The first-order valence-electron chi connectivity index (χ1n) is 8.99. The van der Waals surface area contributed by atoms with Crippen LogP contribution in [0.3, 0.4) is 0 Å². The summed E-state index contributed by atoms with van der Waals surface area (Å²) in [5.74, 6) is 0.929. The molecular weight excluding hydrogens is 342 g/mol. The van der Waals surface area contributed by atoms with Crippen molar-refractivity contribution in [1.29, 1.82) is 0 Å². The molecule has 27 heavy (non-hydrogen) atoms. The number of rotatable bonds is 5. The zero-order valence-corrected chi connectivity index (χ0v) is 16.0. The number of hydrogen-bond donors (Lipinski definition) is 0. The molecule has 6 heteroatoms. The number of carbonyl (C=O) groups is 1. The van der Waals surface area contributed by atoms with E-state index in [2.05, 4.69) is 24.2 Å². The van der Waals surface area contributed by atoms with Gasteiger partial charge in [0.05, 0.1) is 12.5 Å². The van der Waals surface area contributed by atoms with E-state index in [4.69, 9.17) is 9.37 Å². The van der Waals surface area contributed by atoms with Crippen LogP contribution >= 0.6 is 0 Å². The Labute approximate surface area is 158 Å². The predicted octanol–water partition coefficient (Wildman–Crippen LogP) is 3.56. The van der Waals surface area contributed by atoms with E-state index in [-0.39, 0.29) is 11.3 Å². The van der Waals surface area contributed by atoms with Gasteiger partial charge >= 0.3 is 0 Å². The Hall–Kier alpha value is -2.89. The van der Waals surface area contributed by atoms with Gasteiger partial charge in [0, 0.05) is 13.6 Å². The van der Waals surface area contributed by atoms with Crippen LogP contribution in [0.2, 0.25) is 0 Å². The van der Waals surface area contributed by atoms with Crippen molar-refractivity contribution in [3.63, 3.8) is 0 Å². The molecule has 0 radical (unpaired) electrons. The molecule has 4 rings (SSSR count). The molecule has 1 fully saturated rings. The molecule has 1 aliphatic carbocycles. The predicted molar refractivity (Wildman–Crippen MR) is 101 cm³/mol. The van der Waals surface area contributed by atoms with Crippen LogP contribution in [-0.2, 0) is 16.8 Å². The van der Waals surface area contributed by atoms with E-state index < -0.39 is 5.41 Å². The molecule has 1 atom stereocenters. The molecular formula is C21H23N3O3. The minimum Gasteiger partial charge on any atom is -0.497 e. The number of aromatic nitrogens is 2. The van der Waals surface area contributed by atoms with Crippen molar-refractivity contribution in [2.24, 2.45) is 5.41 Å². The Morgan fingerprint density at radius 3 is 2.44 bits per heavy atom. The monoisotopic (exact) mass is 365 g/mol. The van der Waals surface area contributed by atoms with E-state index in [1.54, 1.807) is 12.0 Å². The molecule has 1 saturated carbocycles. The molecule has 0 unspecified atom stereocenters. The van der Waals surface area contributed by atoms with Gasteiger partial charge in [-0.15, -0.1) is 0 Å². The fourth-order valence-electron chi connectivity index (χ4n) is 4.07. The lowest BCUT2D eigenvalue weighted by molar-refractivity contribution is -0.134. The van der Waals surface area contributed by atoms with Crippen LogP contribution in [0.5, 0.6) is 5.75 Å². The molecule has 1 aliphatic rings. The van der Waals surface area contributed by atoms with Gasteiger partial charge in [-0.05, 0) is 57.5 Å². The van der Waals surface area contributed by atoms with Gasteiger partial charge in [-0.3, -0.25) is 4.79 Å². The number of amides is 1. The van der Waals surface area contributed by atoms with Gasteiger partial charge in [0.25, 0.3) is 0 Å². The van der Waals surface area contributed by atoms with E-state index in [0.29, 0.717) is 17.6 Å². The minimum absolute atomic E-state index is 0.0765. The van der Waals surface area contributed by atoms with Crippen LogP contribution in [0.15, 0.2) is 47.1 Å². The van der Waals surface area contributed by atoms with Crippen LogP contribution in [0.25, 0.3) is 11.0 Å². The normalized spacial score (nSPS) is 20.4. The third-order valence-electron chi connectivity index (χ3n) is 5.77. The Morgan fingerprint density at radius 2 is 1.81 bits per heavy atom. The summed E-state index contributed by atoms with van der Waals surface area (Å²) in [5.41, 5.74) is 2.88. The van der Waals surface area contributed by atoms with Gasteiger partial charge in [0.15, 0.2) is 0 Å². The summed E-state index contributed by atoms with van der Waals surface area (Å²) in [4.78, 5) is 15.3. The first-order valence-corrected chi connectivity index (χ1v) is 8.99. The number of benzene rings is 2. The van der Waals surface area contributed by atoms with Gasteiger partial charge in [0.2, 0.25) is 5.91 Å². The lowest BCUT2D eigenvalue weighted by Gasteiger charge is -2.27. The van der Waals surface area contributed by atoms with Crippen molar-refractivity contribution in [3.05, 3.63) is 53.6 Å². The lowest BCUT2D eigenvalue weighted by Crippen LogP contribution is -2.38. The van der Waals surface area contributed by atoms with Crippen molar-refractivity contribution in [2.45, 2.75) is 32.2 Å². The second kappa shape index (κ2) is 6.08. The maximum atomic E-state index is 13.5. The second-order valence-corrected chi connectivity index (χ2v) is 7.94. The molecule has 140 valence electrons. The Kier molecular flexibility index (Phi) is 3.94. The second-order valence-electron chi connectivity index (χ2n) is 7.94. The molecule has 0 saturated heterocycles. The number of likely N-dealkylation sites (N-methyl/N-ethyl adjacent to an activating group) is 1. The summed E-state index contributed by atoms with van der Waals surface area (Å²) in [5, 5.41) is 7.70. The standard InChI is InChI=1S/C21H23N3O3/c1-20(2)13-21(20,15-6-8-16(26-4)9-7-15)19(25)24(3)12-14-5-10-17-18(11-14)23-27-22-17/h5-11H,12-13H2,1-4H3/t21-/m0/s1. The average Bonchev–Trinajstić information content (AvgIpc) is 3.01. The van der Waals surface area contributed by atoms with Gasteiger partial charge in [-0.2, -0.15) is 0 Å². The van der Waals surface area contributed by atoms with Gasteiger partial charge in [-0.25, -0.2) is 4.63 Å². The third kappa shape index (κ3) is 2.76. The first kappa shape index (κ1) is 17.5. The number of nitrogens with zero attached hydrogens (tertiary/aromatic N) is 3. The number of ether oxygens (including phenoxy) is 1. The lowest BCUT2D eigenvalue weighted by atomic mass is 9.86. The molecule has 1 amide bonds. The molecule has 3 aromatic rings. The Morgan fingerprint density at radius 1 is 1.15 bits per heavy atom. The van der Waals surface area contributed by atoms with Crippen LogP contribution in [0.4, 0.5) is 0 Å². The van der Waals surface area contributed by atoms with E-state index in [1.165, 1.54) is 0 Å². The van der Waals surface area contributed by atoms with Crippen LogP contribution in [0.1, 0.15) is 31.4 Å². The summed E-state index contributed by atoms with van der Waals surface area (Å²) < 4.78 is 10.0. The van der Waals surface area contributed by atoms with E-state index >= 15 is 0 Å². The molecule has 1 heterocycles. The smallest absolute Gasteiger partial charge is 0.233 e. The van der Waals surface area contributed by atoms with E-state index in [9.17, 15) is 4.79 Å². The van der Waals surface area contributed by atoms with Crippen LogP contribution in [-0.4, -0.2) is 35.3 Å². The largest absolute Gasteiger partial charge is 0.497 e. The molecule has 0 aliphatic heterocycles. The zero-order chi connectivity index (χ0) is 19.2. The third-order valence-corrected chi connectivity index (χ3v) is 5.77. The van der Waals surface area contributed by atoms with Gasteiger partial charge in [0.1, 0.15) is 16.8 Å². The van der Waals surface area contributed by atoms with Crippen molar-refractivity contribution >= 4 is 16.9 Å². The van der Waals surface area contributed by atoms with Crippen LogP contribution < -0.4 is 4.74 Å². The first-order chi connectivity index (χ1) is 12.9. The SMILES string of the molecule is COc1ccc([C@]2(C(=O)N(C)Cc3ccc4nonc4c3)CC2(C)C)cc1. The van der Waals surface area contributed by atoms with Crippen molar-refractivity contribution < 1.29 is 14.2 Å². The highest BCUT2D eigenvalue weighted by Gasteiger charge is 2.67. The van der Waals surface area contributed by atoms with Gasteiger partial charge in [-0.1, -0.05) is 32.0 Å². The van der Waals surface area contributed by atoms with Crippen molar-refractivity contribution in [1.82, 2.24) is 15.2 Å². The van der Waals surface area contributed by atoms with Gasteiger partial charge < -0.3 is 9.64 Å². The highest BCUT2D eigenvalue weighted by Crippen LogP contribution is 2.65. The number of fused-ring (bicyclic) bond motifs is 1. The Balaban J connectivity index is 1.60. The summed E-state index contributed by atoms with van der Waals surface area (Å²) >= 11 is 0. The van der Waals surface area contributed by atoms with Crippen molar-refractivity contribution in [2.75, 3.05) is 14.2 Å². The zero-order valence-electron chi connectivity index (χ0n) is 16.0. The quantitative estimate of drug-likeness (QED) is 0.691. The molecule has 6 nitrogen and oxygen atoms in total. The highest BCUT2D eigenvalue weighted by molar-refractivity contribution is 5.93. The minimum atomic E-state index is -0.492. The molecule has 0 bridgehead atoms. The number of hydrogen-bond acceptors (Lipinski definition) is 5. The molecule has 2 aromatic carbocycles. The summed E-state index contributed by atoms with van der Waals surface area (Å²) in [6.07, 6.45) is 0.835. The van der Waals surface area contributed by atoms with E-state index in [1.807, 2.05) is 49.5 Å². The average molecular weight is 365 g/mol. The topological polar surface area (TPSA) is 68.5 Å². The van der Waals surface area contributed by atoms with E-state index in [0.717, 1.165) is 23.3 Å². The van der Waals surface area contributed by atoms with Crippen molar-refractivity contribution in [3.8, 4) is 5.75 Å². The Bertz CT molecular complexity index is 993. The summed E-state index contributed by atoms with van der Waals surface area (Å²) in [7, 11) is 3.50. The van der Waals surface area contributed by atoms with Crippen LogP contribution in [0, 0.1) is 5.41 Å². The fraction of sp³-hybridized carbons (Fsp3) is 0.381. The summed E-state index contributed by atoms with van der Waals surface area (Å²) in [6, 6.07) is 13.6.